The largest absolute Gasteiger partial charge is 0.458 e. The molecule has 0 aromatic heterocycles. The molecule has 2 N–H and O–H groups in total. The Balaban J connectivity index is 2.10. The Bertz CT molecular complexity index is 393. The first kappa shape index (κ1) is 9.99. The van der Waals surface area contributed by atoms with Crippen molar-refractivity contribution in [2.24, 2.45) is 5.73 Å². The van der Waals surface area contributed by atoms with E-state index < -0.39 is 0 Å². The fraction of sp³-hybridized carbons (Fsp3) is 0.231. The number of hydrogen-bond donors (Lipinski definition) is 1. The van der Waals surface area contributed by atoms with Gasteiger partial charge >= 0.3 is 0 Å². The molecule has 0 bridgehead atoms. The van der Waals surface area contributed by atoms with Crippen molar-refractivity contribution in [3.8, 4) is 5.75 Å². The van der Waals surface area contributed by atoms with Gasteiger partial charge in [0.05, 0.1) is 0 Å². The first-order chi connectivity index (χ1) is 7.38. The number of rotatable bonds is 3. The average Bonchev–Trinajstić information content (AvgIpc) is 2.31. The van der Waals surface area contributed by atoms with Gasteiger partial charge in [0.1, 0.15) is 11.5 Å². The van der Waals surface area contributed by atoms with Crippen LogP contribution in [0.1, 0.15) is 18.4 Å². The van der Waals surface area contributed by atoms with E-state index in [9.17, 15) is 0 Å². The number of nitrogens with two attached hydrogens (primary N) is 1. The van der Waals surface area contributed by atoms with Crippen molar-refractivity contribution in [2.45, 2.75) is 19.4 Å². The molecule has 15 heavy (non-hydrogen) atoms. The summed E-state index contributed by atoms with van der Waals surface area (Å²) in [5.41, 5.74) is 6.66. The summed E-state index contributed by atoms with van der Waals surface area (Å²) < 4.78 is 5.72. The van der Waals surface area contributed by atoms with E-state index in [1.54, 1.807) is 0 Å². The molecular formula is C13H15NO. The molecule has 0 radical (unpaired) electrons. The van der Waals surface area contributed by atoms with Crippen LogP contribution in [0.5, 0.6) is 5.75 Å². The predicted octanol–water partition coefficient (Wildman–Crippen LogP) is 2.76. The molecule has 2 rings (SSSR count). The molecule has 1 aromatic rings. The fourth-order valence-corrected chi connectivity index (χ4v) is 1.54. The zero-order chi connectivity index (χ0) is 10.5. The molecule has 1 aromatic carbocycles. The van der Waals surface area contributed by atoms with Crippen LogP contribution in [0, 0.1) is 0 Å². The Morgan fingerprint density at radius 1 is 1.27 bits per heavy atom. The third kappa shape index (κ3) is 2.70. The van der Waals surface area contributed by atoms with E-state index in [1.165, 1.54) is 0 Å². The van der Waals surface area contributed by atoms with Crippen molar-refractivity contribution in [2.75, 3.05) is 0 Å². The van der Waals surface area contributed by atoms with Crippen molar-refractivity contribution in [1.29, 1.82) is 0 Å². The highest BCUT2D eigenvalue weighted by Crippen LogP contribution is 2.18. The lowest BCUT2D eigenvalue weighted by molar-refractivity contribution is 0.438. The standard InChI is InChI=1S/C13H15NO/c14-10-11-5-4-8-13(9-11)15-12-6-2-1-3-7-12/h2,4-9H,1,3,10,14H2. The van der Waals surface area contributed by atoms with Crippen LogP contribution in [0.15, 0.2) is 48.3 Å². The summed E-state index contributed by atoms with van der Waals surface area (Å²) >= 11 is 0. The Morgan fingerprint density at radius 2 is 2.20 bits per heavy atom. The maximum absolute atomic E-state index is 5.72. The lowest BCUT2D eigenvalue weighted by Crippen LogP contribution is -1.98. The predicted molar refractivity (Wildman–Crippen MR) is 61.4 cm³/mol. The lowest BCUT2D eigenvalue weighted by atomic mass is 10.2. The maximum Gasteiger partial charge on any atom is 0.127 e. The zero-order valence-corrected chi connectivity index (χ0v) is 8.65. The number of ether oxygens (including phenoxy) is 1. The van der Waals surface area contributed by atoms with Gasteiger partial charge in [-0.1, -0.05) is 18.2 Å². The van der Waals surface area contributed by atoms with Gasteiger partial charge in [-0.25, -0.2) is 0 Å². The Labute approximate surface area is 90.1 Å². The molecule has 0 aliphatic heterocycles. The minimum Gasteiger partial charge on any atom is -0.458 e. The van der Waals surface area contributed by atoms with Gasteiger partial charge in [0.2, 0.25) is 0 Å². The van der Waals surface area contributed by atoms with Gasteiger partial charge < -0.3 is 10.5 Å². The third-order valence-corrected chi connectivity index (χ3v) is 2.33. The van der Waals surface area contributed by atoms with Crippen molar-refractivity contribution in [3.63, 3.8) is 0 Å². The van der Waals surface area contributed by atoms with Gasteiger partial charge in [-0.2, -0.15) is 0 Å². The van der Waals surface area contributed by atoms with E-state index in [4.69, 9.17) is 10.5 Å². The molecule has 0 spiro atoms. The van der Waals surface area contributed by atoms with Gasteiger partial charge in [0.25, 0.3) is 0 Å². The molecule has 1 aliphatic rings. The highest BCUT2D eigenvalue weighted by atomic mass is 16.5. The Hall–Kier alpha value is -1.54. The second-order valence-electron chi connectivity index (χ2n) is 3.54. The molecule has 0 fully saturated rings. The van der Waals surface area contributed by atoms with Crippen LogP contribution in [0.4, 0.5) is 0 Å². The van der Waals surface area contributed by atoms with Gasteiger partial charge in [-0.3, -0.25) is 0 Å². The van der Waals surface area contributed by atoms with Crippen LogP contribution in [-0.4, -0.2) is 0 Å². The molecule has 78 valence electrons. The van der Waals surface area contributed by atoms with Crippen LogP contribution >= 0.6 is 0 Å². The highest BCUT2D eigenvalue weighted by molar-refractivity contribution is 5.31. The molecule has 2 nitrogen and oxygen atoms in total. The SMILES string of the molecule is NCc1cccc(OC2=CCCC=C2)c1. The molecule has 0 unspecified atom stereocenters. The normalized spacial score (nSPS) is 14.9. The molecule has 2 heteroatoms. The molecule has 0 heterocycles. The summed E-state index contributed by atoms with van der Waals surface area (Å²) in [6.45, 7) is 0.548. The number of allylic oxidation sites excluding steroid dienone is 3. The Morgan fingerprint density at radius 3 is 2.93 bits per heavy atom. The van der Waals surface area contributed by atoms with E-state index >= 15 is 0 Å². The monoisotopic (exact) mass is 201 g/mol. The smallest absolute Gasteiger partial charge is 0.127 e. The first-order valence-electron chi connectivity index (χ1n) is 5.22. The van der Waals surface area contributed by atoms with Gasteiger partial charge in [0, 0.05) is 6.54 Å². The quantitative estimate of drug-likeness (QED) is 0.816. The van der Waals surface area contributed by atoms with Crippen LogP contribution < -0.4 is 10.5 Å². The van der Waals surface area contributed by atoms with Crippen LogP contribution in [0.3, 0.4) is 0 Å². The molecule has 0 atom stereocenters. The fourth-order valence-electron chi connectivity index (χ4n) is 1.54. The van der Waals surface area contributed by atoms with Crippen LogP contribution in [-0.2, 0) is 6.54 Å². The Kier molecular flexibility index (Phi) is 3.20. The van der Waals surface area contributed by atoms with Gasteiger partial charge in [0.15, 0.2) is 0 Å². The van der Waals surface area contributed by atoms with E-state index in [-0.39, 0.29) is 0 Å². The van der Waals surface area contributed by atoms with E-state index in [1.807, 2.05) is 30.3 Å². The topological polar surface area (TPSA) is 35.2 Å². The summed E-state index contributed by atoms with van der Waals surface area (Å²) in [6, 6.07) is 7.88. The minimum atomic E-state index is 0.548. The van der Waals surface area contributed by atoms with Gasteiger partial charge in [-0.05, 0) is 42.7 Å². The molecule has 0 saturated heterocycles. The summed E-state index contributed by atoms with van der Waals surface area (Å²) in [6.07, 6.45) is 8.41. The number of hydrogen-bond acceptors (Lipinski definition) is 2. The highest BCUT2D eigenvalue weighted by Gasteiger charge is 2.00. The maximum atomic E-state index is 5.72. The van der Waals surface area contributed by atoms with Crippen molar-refractivity contribution in [1.82, 2.24) is 0 Å². The average molecular weight is 201 g/mol. The second kappa shape index (κ2) is 4.80. The summed E-state index contributed by atoms with van der Waals surface area (Å²) in [5.74, 6) is 1.78. The lowest BCUT2D eigenvalue weighted by Gasteiger charge is -2.10. The van der Waals surface area contributed by atoms with Crippen molar-refractivity contribution in [3.05, 3.63) is 53.8 Å². The van der Waals surface area contributed by atoms with E-state index in [2.05, 4.69) is 12.2 Å². The molecule has 1 aliphatic carbocycles. The third-order valence-electron chi connectivity index (χ3n) is 2.33. The van der Waals surface area contributed by atoms with Crippen LogP contribution in [0.2, 0.25) is 0 Å². The zero-order valence-electron chi connectivity index (χ0n) is 8.65. The molecule has 0 amide bonds. The summed E-state index contributed by atoms with van der Waals surface area (Å²) in [7, 11) is 0. The minimum absolute atomic E-state index is 0.548. The van der Waals surface area contributed by atoms with Crippen LogP contribution in [0.25, 0.3) is 0 Å². The number of benzene rings is 1. The van der Waals surface area contributed by atoms with E-state index in [0.717, 1.165) is 29.9 Å². The molecule has 0 saturated carbocycles. The second-order valence-corrected chi connectivity index (χ2v) is 3.54. The van der Waals surface area contributed by atoms with Gasteiger partial charge in [-0.15, -0.1) is 0 Å². The van der Waals surface area contributed by atoms with E-state index in [0.29, 0.717) is 6.54 Å². The summed E-state index contributed by atoms with van der Waals surface area (Å²) in [4.78, 5) is 0. The van der Waals surface area contributed by atoms with Crippen molar-refractivity contribution >= 4 is 0 Å². The first-order valence-corrected chi connectivity index (χ1v) is 5.22. The van der Waals surface area contributed by atoms with Crippen molar-refractivity contribution < 1.29 is 4.74 Å². The molecular weight excluding hydrogens is 186 g/mol. The summed E-state index contributed by atoms with van der Waals surface area (Å²) in [5, 5.41) is 0.